The summed E-state index contributed by atoms with van der Waals surface area (Å²) in [5.74, 6) is 0. The molecule has 5 heteroatoms. The summed E-state index contributed by atoms with van der Waals surface area (Å²) in [6, 6.07) is 6.89. The lowest BCUT2D eigenvalue weighted by Crippen LogP contribution is -2.11. The van der Waals surface area contributed by atoms with Gasteiger partial charge in [0.05, 0.1) is 5.69 Å². The molecule has 12 heavy (non-hydrogen) atoms. The Labute approximate surface area is 88.3 Å². The van der Waals surface area contributed by atoms with Crippen LogP contribution in [-0.2, 0) is 0 Å². The first kappa shape index (κ1) is 9.84. The Balaban J connectivity index is 2.89. The van der Waals surface area contributed by atoms with Gasteiger partial charge in [0.2, 0.25) is 0 Å². The first-order valence-corrected chi connectivity index (χ1v) is 4.53. The number of hydrogen-bond acceptors (Lipinski definition) is 1. The van der Waals surface area contributed by atoms with Crippen LogP contribution in [0.3, 0.4) is 0 Å². The third-order valence-electron chi connectivity index (χ3n) is 1.21. The monoisotopic (exact) mass is 267 g/mol. The van der Waals surface area contributed by atoms with E-state index in [4.69, 9.17) is 23.4 Å². The van der Waals surface area contributed by atoms with E-state index in [9.17, 15) is 4.79 Å². The average Bonchev–Trinajstić information content (AvgIpc) is 2.04. The molecule has 1 rings (SSSR count). The summed E-state index contributed by atoms with van der Waals surface area (Å²) in [6.07, 6.45) is 0. The second-order valence-electron chi connectivity index (χ2n) is 2.01. The number of carbonyl (C=O) groups is 1. The van der Waals surface area contributed by atoms with Crippen molar-refractivity contribution < 1.29 is 4.79 Å². The van der Waals surface area contributed by atoms with Crippen LogP contribution in [0.15, 0.2) is 28.7 Å². The van der Waals surface area contributed by atoms with Gasteiger partial charge in [-0.1, -0.05) is 15.9 Å². The molecule has 0 aliphatic carbocycles. The van der Waals surface area contributed by atoms with Gasteiger partial charge >= 0.3 is 5.37 Å². The van der Waals surface area contributed by atoms with Gasteiger partial charge in [0.25, 0.3) is 0 Å². The van der Waals surface area contributed by atoms with Crippen LogP contribution in [0.5, 0.6) is 0 Å². The van der Waals surface area contributed by atoms with Gasteiger partial charge in [0, 0.05) is 16.2 Å². The number of halogens is 3. The SMILES string of the molecule is O=C(Cl)N(Cl)c1ccc(Br)cc1. The Bertz CT molecular complexity index is 288. The van der Waals surface area contributed by atoms with E-state index in [0.29, 0.717) is 5.69 Å². The van der Waals surface area contributed by atoms with Gasteiger partial charge in [-0.05, 0) is 35.9 Å². The van der Waals surface area contributed by atoms with Crippen molar-refractivity contribution in [1.82, 2.24) is 0 Å². The topological polar surface area (TPSA) is 20.3 Å². The summed E-state index contributed by atoms with van der Waals surface area (Å²) >= 11 is 13.9. The van der Waals surface area contributed by atoms with Crippen LogP contribution in [0.25, 0.3) is 0 Å². The third-order valence-corrected chi connectivity index (χ3v) is 2.34. The Morgan fingerprint density at radius 3 is 2.25 bits per heavy atom. The molecule has 1 aromatic carbocycles. The predicted octanol–water partition coefficient (Wildman–Crippen LogP) is 3.77. The Hall–Kier alpha value is -0.250. The van der Waals surface area contributed by atoms with Gasteiger partial charge in [0.1, 0.15) is 0 Å². The lowest BCUT2D eigenvalue weighted by Gasteiger charge is -2.08. The smallest absolute Gasteiger partial charge is 0.254 e. The predicted molar refractivity (Wildman–Crippen MR) is 53.7 cm³/mol. The van der Waals surface area contributed by atoms with Crippen molar-refractivity contribution in [2.45, 2.75) is 0 Å². The third kappa shape index (κ3) is 2.37. The van der Waals surface area contributed by atoms with Crippen molar-refractivity contribution in [3.05, 3.63) is 28.7 Å². The Morgan fingerprint density at radius 1 is 1.33 bits per heavy atom. The number of carbonyl (C=O) groups excluding carboxylic acids is 1. The number of rotatable bonds is 1. The molecular weight excluding hydrogens is 265 g/mol. The normalized spacial score (nSPS) is 9.58. The minimum Gasteiger partial charge on any atom is -0.254 e. The van der Waals surface area contributed by atoms with Crippen LogP contribution in [0.4, 0.5) is 10.5 Å². The van der Waals surface area contributed by atoms with E-state index < -0.39 is 5.37 Å². The standard InChI is InChI=1S/C7H4BrCl2NO/c8-5-1-3-6(4-2-5)11(10)7(9)12/h1-4H. The van der Waals surface area contributed by atoms with E-state index in [0.717, 1.165) is 8.89 Å². The minimum atomic E-state index is -0.723. The van der Waals surface area contributed by atoms with Crippen LogP contribution in [0.1, 0.15) is 0 Å². The zero-order valence-electron chi connectivity index (χ0n) is 5.80. The molecule has 0 aromatic heterocycles. The molecular formula is C7H4BrCl2NO. The quantitative estimate of drug-likeness (QED) is 0.431. The number of amides is 1. The molecule has 1 amide bonds. The highest BCUT2D eigenvalue weighted by atomic mass is 79.9. The number of nitrogens with zero attached hydrogens (tertiary/aromatic N) is 1. The molecule has 0 aliphatic rings. The highest BCUT2D eigenvalue weighted by Crippen LogP contribution is 2.21. The van der Waals surface area contributed by atoms with E-state index in [1.165, 1.54) is 0 Å². The molecule has 1 aromatic rings. The van der Waals surface area contributed by atoms with Crippen molar-refractivity contribution in [1.29, 1.82) is 0 Å². The summed E-state index contributed by atoms with van der Waals surface area (Å²) in [5.41, 5.74) is 0.542. The lowest BCUT2D eigenvalue weighted by atomic mass is 10.3. The molecule has 0 spiro atoms. The van der Waals surface area contributed by atoms with E-state index in [2.05, 4.69) is 15.9 Å². The Kier molecular flexibility index (Phi) is 3.38. The van der Waals surface area contributed by atoms with Gasteiger partial charge in [-0.3, -0.25) is 4.79 Å². The second-order valence-corrected chi connectivity index (χ2v) is 3.59. The highest BCUT2D eigenvalue weighted by Gasteiger charge is 2.08. The summed E-state index contributed by atoms with van der Waals surface area (Å²) in [6.45, 7) is 0. The molecule has 0 atom stereocenters. The van der Waals surface area contributed by atoms with Crippen molar-refractivity contribution >= 4 is 50.4 Å². The maximum atomic E-state index is 10.6. The zero-order valence-corrected chi connectivity index (χ0v) is 8.90. The van der Waals surface area contributed by atoms with Crippen LogP contribution < -0.4 is 4.42 Å². The van der Waals surface area contributed by atoms with Gasteiger partial charge in [0.15, 0.2) is 0 Å². The zero-order chi connectivity index (χ0) is 9.14. The van der Waals surface area contributed by atoms with E-state index >= 15 is 0 Å². The summed E-state index contributed by atoms with van der Waals surface area (Å²) < 4.78 is 1.76. The highest BCUT2D eigenvalue weighted by molar-refractivity contribution is 9.10. The summed E-state index contributed by atoms with van der Waals surface area (Å²) in [5, 5.41) is -0.723. The molecule has 2 nitrogen and oxygen atoms in total. The first-order valence-electron chi connectivity index (χ1n) is 3.02. The molecule has 0 radical (unpaired) electrons. The molecule has 0 aliphatic heterocycles. The van der Waals surface area contributed by atoms with Gasteiger partial charge in [-0.15, -0.1) is 0 Å². The fourth-order valence-corrected chi connectivity index (χ4v) is 1.15. The second kappa shape index (κ2) is 4.12. The molecule has 64 valence electrons. The molecule has 0 unspecified atom stereocenters. The van der Waals surface area contributed by atoms with Gasteiger partial charge in [-0.2, -0.15) is 0 Å². The van der Waals surface area contributed by atoms with Crippen LogP contribution in [-0.4, -0.2) is 5.37 Å². The molecule has 0 heterocycles. The Morgan fingerprint density at radius 2 is 1.83 bits per heavy atom. The molecule has 0 bridgehead atoms. The maximum absolute atomic E-state index is 10.6. The fourth-order valence-electron chi connectivity index (χ4n) is 0.673. The summed E-state index contributed by atoms with van der Waals surface area (Å²) in [4.78, 5) is 10.6. The van der Waals surface area contributed by atoms with Gasteiger partial charge < -0.3 is 0 Å². The van der Waals surface area contributed by atoms with E-state index in [-0.39, 0.29) is 0 Å². The van der Waals surface area contributed by atoms with Gasteiger partial charge in [-0.25, -0.2) is 4.42 Å². The van der Waals surface area contributed by atoms with Crippen LogP contribution in [0, 0.1) is 0 Å². The number of benzene rings is 1. The fraction of sp³-hybridized carbons (Fsp3) is 0. The van der Waals surface area contributed by atoms with Crippen LogP contribution in [0.2, 0.25) is 0 Å². The van der Waals surface area contributed by atoms with Crippen molar-refractivity contribution in [3.8, 4) is 0 Å². The summed E-state index contributed by atoms with van der Waals surface area (Å²) in [7, 11) is 0. The van der Waals surface area contributed by atoms with E-state index in [1.54, 1.807) is 24.3 Å². The molecule has 0 fully saturated rings. The number of hydrogen-bond donors (Lipinski definition) is 0. The van der Waals surface area contributed by atoms with Crippen molar-refractivity contribution in [3.63, 3.8) is 0 Å². The average molecular weight is 269 g/mol. The number of anilines is 1. The van der Waals surface area contributed by atoms with E-state index in [1.807, 2.05) is 0 Å². The largest absolute Gasteiger partial charge is 0.335 e. The first-order chi connectivity index (χ1) is 5.61. The lowest BCUT2D eigenvalue weighted by molar-refractivity contribution is 0.267. The van der Waals surface area contributed by atoms with Crippen LogP contribution >= 0.6 is 39.3 Å². The maximum Gasteiger partial charge on any atom is 0.335 e. The molecule has 0 saturated heterocycles. The van der Waals surface area contributed by atoms with Crippen molar-refractivity contribution in [2.75, 3.05) is 4.42 Å². The minimum absolute atomic E-state index is 0.542. The molecule has 0 N–H and O–H groups in total. The van der Waals surface area contributed by atoms with Crippen molar-refractivity contribution in [2.24, 2.45) is 0 Å². The molecule has 0 saturated carbocycles.